The minimum Gasteiger partial charge on any atom is -0.357 e. The molecule has 0 aromatic heterocycles. The number of thioether (sulfide) groups is 1. The summed E-state index contributed by atoms with van der Waals surface area (Å²) in [7, 11) is 0. The molecule has 3 nitrogen and oxygen atoms in total. The van der Waals surface area contributed by atoms with E-state index in [-0.39, 0.29) is 29.8 Å². The molecule has 6 heteroatoms. The molecule has 0 fully saturated rings. The van der Waals surface area contributed by atoms with Crippen LogP contribution in [0.25, 0.3) is 0 Å². The van der Waals surface area contributed by atoms with Crippen LogP contribution in [0.2, 0.25) is 0 Å². The van der Waals surface area contributed by atoms with Gasteiger partial charge in [-0.1, -0.05) is 30.4 Å². The Morgan fingerprint density at radius 2 is 2.04 bits per heavy atom. The van der Waals surface area contributed by atoms with Gasteiger partial charge in [0.05, 0.1) is 6.54 Å². The fourth-order valence-corrected chi connectivity index (χ4v) is 3.09. The van der Waals surface area contributed by atoms with E-state index < -0.39 is 0 Å². The fraction of sp³-hybridized carbons (Fsp3) is 0.471. The van der Waals surface area contributed by atoms with Crippen molar-refractivity contribution in [3.05, 3.63) is 47.8 Å². The molecule has 2 rings (SSSR count). The first-order chi connectivity index (χ1) is 10.8. The summed E-state index contributed by atoms with van der Waals surface area (Å²) in [6.45, 7) is 3.65. The Bertz CT molecular complexity index is 514. The number of nitrogens with zero attached hydrogens (tertiary/aromatic N) is 1. The van der Waals surface area contributed by atoms with E-state index in [0.717, 1.165) is 43.2 Å². The first-order valence-electron chi connectivity index (χ1n) is 7.80. The fourth-order valence-electron chi connectivity index (χ4n) is 2.27. The highest BCUT2D eigenvalue weighted by atomic mass is 127. The molecule has 1 aliphatic rings. The van der Waals surface area contributed by atoms with Crippen molar-refractivity contribution < 1.29 is 4.39 Å². The van der Waals surface area contributed by atoms with Crippen LogP contribution in [0.1, 0.15) is 25.3 Å². The van der Waals surface area contributed by atoms with Crippen LogP contribution >= 0.6 is 35.7 Å². The predicted octanol–water partition coefficient (Wildman–Crippen LogP) is 3.95. The summed E-state index contributed by atoms with van der Waals surface area (Å²) in [5.74, 6) is 2.33. The van der Waals surface area contributed by atoms with Gasteiger partial charge in [-0.3, -0.25) is 4.99 Å². The van der Waals surface area contributed by atoms with Gasteiger partial charge in [0.25, 0.3) is 0 Å². The highest BCUT2D eigenvalue weighted by Gasteiger charge is 2.11. The van der Waals surface area contributed by atoms with Crippen molar-refractivity contribution in [3.63, 3.8) is 0 Å². The molecule has 1 aromatic carbocycles. The van der Waals surface area contributed by atoms with E-state index in [2.05, 4.69) is 34.7 Å². The van der Waals surface area contributed by atoms with E-state index in [0.29, 0.717) is 11.8 Å². The Morgan fingerprint density at radius 3 is 2.74 bits per heavy atom. The maximum Gasteiger partial charge on any atom is 0.191 e. The molecule has 23 heavy (non-hydrogen) atoms. The number of guanidine groups is 1. The number of halogens is 2. The van der Waals surface area contributed by atoms with Crippen LogP contribution in [-0.2, 0) is 5.75 Å². The lowest BCUT2D eigenvalue weighted by Gasteiger charge is -2.16. The smallest absolute Gasteiger partial charge is 0.191 e. The second-order valence-electron chi connectivity index (χ2n) is 5.19. The average molecular weight is 449 g/mol. The van der Waals surface area contributed by atoms with Gasteiger partial charge in [-0.05, 0) is 31.4 Å². The van der Waals surface area contributed by atoms with E-state index in [1.165, 1.54) is 6.07 Å². The average Bonchev–Trinajstić information content (AvgIpc) is 3.02. The summed E-state index contributed by atoms with van der Waals surface area (Å²) in [4.78, 5) is 4.58. The maximum atomic E-state index is 13.5. The zero-order chi connectivity index (χ0) is 15.6. The van der Waals surface area contributed by atoms with Gasteiger partial charge in [0.2, 0.25) is 0 Å². The molecule has 0 saturated carbocycles. The lowest BCUT2D eigenvalue weighted by molar-refractivity contribution is 0.617. The molecule has 0 atom stereocenters. The Labute approximate surface area is 159 Å². The Balaban J connectivity index is 0.00000264. The van der Waals surface area contributed by atoms with Gasteiger partial charge in [0, 0.05) is 24.1 Å². The minimum absolute atomic E-state index is 0. The van der Waals surface area contributed by atoms with Gasteiger partial charge in [0.1, 0.15) is 5.82 Å². The van der Waals surface area contributed by atoms with Crippen LogP contribution in [-0.4, -0.2) is 30.8 Å². The topological polar surface area (TPSA) is 36.4 Å². The van der Waals surface area contributed by atoms with Crippen molar-refractivity contribution >= 4 is 41.7 Å². The molecule has 0 spiro atoms. The minimum atomic E-state index is -0.123. The third-order valence-corrected chi connectivity index (χ3v) is 4.40. The second-order valence-corrected chi connectivity index (χ2v) is 6.29. The third kappa shape index (κ3) is 7.56. The van der Waals surface area contributed by atoms with Crippen molar-refractivity contribution in [1.82, 2.24) is 10.6 Å². The predicted molar refractivity (Wildman–Crippen MR) is 109 cm³/mol. The van der Waals surface area contributed by atoms with Crippen molar-refractivity contribution in [3.8, 4) is 0 Å². The zero-order valence-electron chi connectivity index (χ0n) is 13.4. The number of nitrogens with one attached hydrogen (secondary N) is 2. The first kappa shape index (κ1) is 20.3. The molecule has 0 radical (unpaired) electrons. The molecular formula is C17H25FIN3S. The number of benzene rings is 1. The Kier molecular flexibility index (Phi) is 10.3. The molecule has 0 heterocycles. The zero-order valence-corrected chi connectivity index (χ0v) is 16.6. The summed E-state index contributed by atoms with van der Waals surface area (Å²) >= 11 is 1.71. The van der Waals surface area contributed by atoms with Gasteiger partial charge >= 0.3 is 0 Å². The second kappa shape index (κ2) is 11.7. The van der Waals surface area contributed by atoms with Crippen LogP contribution in [0.3, 0.4) is 0 Å². The van der Waals surface area contributed by atoms with Crippen molar-refractivity contribution in [2.24, 2.45) is 4.99 Å². The van der Waals surface area contributed by atoms with Crippen LogP contribution in [0, 0.1) is 5.82 Å². The van der Waals surface area contributed by atoms with Gasteiger partial charge in [-0.25, -0.2) is 4.39 Å². The lowest BCUT2D eigenvalue weighted by Crippen LogP contribution is -2.42. The van der Waals surface area contributed by atoms with Crippen LogP contribution < -0.4 is 10.6 Å². The van der Waals surface area contributed by atoms with Gasteiger partial charge in [0.15, 0.2) is 5.96 Å². The summed E-state index contributed by atoms with van der Waals surface area (Å²) in [6.07, 6.45) is 6.52. The summed E-state index contributed by atoms with van der Waals surface area (Å²) in [5, 5.41) is 6.71. The van der Waals surface area contributed by atoms with E-state index in [1.807, 2.05) is 12.1 Å². The molecule has 2 N–H and O–H groups in total. The Morgan fingerprint density at radius 1 is 1.30 bits per heavy atom. The SMILES string of the molecule is CCNC(=NCCSCc1ccccc1F)NC1CC=CC1.I. The number of rotatable bonds is 7. The normalized spacial score (nSPS) is 14.6. The van der Waals surface area contributed by atoms with Crippen LogP contribution in [0.4, 0.5) is 4.39 Å². The highest BCUT2D eigenvalue weighted by molar-refractivity contribution is 14.0. The lowest BCUT2D eigenvalue weighted by atomic mass is 10.2. The molecule has 0 aliphatic heterocycles. The van der Waals surface area contributed by atoms with Crippen molar-refractivity contribution in [1.29, 1.82) is 0 Å². The number of hydrogen-bond donors (Lipinski definition) is 2. The van der Waals surface area contributed by atoms with Gasteiger partial charge in [-0.15, -0.1) is 24.0 Å². The van der Waals surface area contributed by atoms with E-state index >= 15 is 0 Å². The van der Waals surface area contributed by atoms with Crippen LogP contribution in [0.15, 0.2) is 41.4 Å². The van der Waals surface area contributed by atoms with Gasteiger partial charge in [-0.2, -0.15) is 11.8 Å². The molecule has 0 amide bonds. The molecule has 1 aliphatic carbocycles. The number of aliphatic imine (C=N–C) groups is 1. The van der Waals surface area contributed by atoms with E-state index in [1.54, 1.807) is 17.8 Å². The van der Waals surface area contributed by atoms with Crippen molar-refractivity contribution in [2.45, 2.75) is 31.6 Å². The van der Waals surface area contributed by atoms with E-state index in [9.17, 15) is 4.39 Å². The maximum absolute atomic E-state index is 13.5. The van der Waals surface area contributed by atoms with Gasteiger partial charge < -0.3 is 10.6 Å². The molecule has 0 saturated heterocycles. The third-order valence-electron chi connectivity index (χ3n) is 3.41. The molecular weight excluding hydrogens is 424 g/mol. The molecule has 1 aromatic rings. The largest absolute Gasteiger partial charge is 0.357 e. The summed E-state index contributed by atoms with van der Waals surface area (Å²) in [5.41, 5.74) is 0.763. The standard InChI is InChI=1S/C17H24FN3S.HI/c1-2-19-17(21-15-8-4-5-9-15)20-11-12-22-13-14-7-3-6-10-16(14)18;/h3-7,10,15H,2,8-9,11-13H2,1H3,(H2,19,20,21);1H. The van der Waals surface area contributed by atoms with Crippen molar-refractivity contribution in [2.75, 3.05) is 18.8 Å². The molecule has 0 unspecified atom stereocenters. The highest BCUT2D eigenvalue weighted by Crippen LogP contribution is 2.15. The molecule has 128 valence electrons. The Hall–Kier alpha value is -0.760. The van der Waals surface area contributed by atoms with Crippen LogP contribution in [0.5, 0.6) is 0 Å². The summed E-state index contributed by atoms with van der Waals surface area (Å²) < 4.78 is 13.5. The quantitative estimate of drug-likeness (QED) is 0.218. The monoisotopic (exact) mass is 449 g/mol. The van der Waals surface area contributed by atoms with E-state index in [4.69, 9.17) is 0 Å². The number of hydrogen-bond acceptors (Lipinski definition) is 2. The molecule has 0 bridgehead atoms. The summed E-state index contributed by atoms with van der Waals surface area (Å²) in [6, 6.07) is 7.41. The first-order valence-corrected chi connectivity index (χ1v) is 8.96.